The van der Waals surface area contributed by atoms with E-state index in [4.69, 9.17) is 0 Å². The van der Waals surface area contributed by atoms with Gasteiger partial charge >= 0.3 is 5.69 Å². The first kappa shape index (κ1) is 15.4. The normalized spacial score (nSPS) is 12.3. The summed E-state index contributed by atoms with van der Waals surface area (Å²) in [5, 5.41) is 3.51. The molecule has 1 heterocycles. The molecule has 1 N–H and O–H groups in total. The highest BCUT2D eigenvalue weighted by molar-refractivity contribution is 5.24. The third kappa shape index (κ3) is 4.26. The summed E-state index contributed by atoms with van der Waals surface area (Å²) in [6, 6.07) is 8.57. The number of rotatable bonds is 6. The summed E-state index contributed by atoms with van der Waals surface area (Å²) in [7, 11) is 0. The third-order valence-corrected chi connectivity index (χ3v) is 3.48. The second kappa shape index (κ2) is 7.18. The van der Waals surface area contributed by atoms with Gasteiger partial charge in [0.15, 0.2) is 0 Å². The van der Waals surface area contributed by atoms with Crippen LogP contribution in [0.25, 0.3) is 0 Å². The SMILES string of the molecule is CCCNC(Cn1cc(C)cnc1=O)c1ccc(C)cc1. The van der Waals surface area contributed by atoms with E-state index in [2.05, 4.69) is 48.4 Å². The van der Waals surface area contributed by atoms with Gasteiger partial charge in [-0.3, -0.25) is 4.57 Å². The number of nitrogens with zero attached hydrogens (tertiary/aromatic N) is 2. The zero-order valence-corrected chi connectivity index (χ0v) is 13.0. The maximum Gasteiger partial charge on any atom is 0.347 e. The highest BCUT2D eigenvalue weighted by Gasteiger charge is 2.12. The predicted molar refractivity (Wildman–Crippen MR) is 85.4 cm³/mol. The van der Waals surface area contributed by atoms with Crippen LogP contribution in [0.4, 0.5) is 0 Å². The van der Waals surface area contributed by atoms with Gasteiger partial charge in [0.2, 0.25) is 0 Å². The lowest BCUT2D eigenvalue weighted by atomic mass is 10.0. The van der Waals surface area contributed by atoms with E-state index >= 15 is 0 Å². The molecule has 0 fully saturated rings. The largest absolute Gasteiger partial charge is 0.347 e. The van der Waals surface area contributed by atoms with Gasteiger partial charge < -0.3 is 5.32 Å². The summed E-state index contributed by atoms with van der Waals surface area (Å²) in [6.07, 6.45) is 4.53. The molecule has 0 aliphatic rings. The van der Waals surface area contributed by atoms with Crippen molar-refractivity contribution in [3.05, 3.63) is 63.8 Å². The Kier molecular flexibility index (Phi) is 5.28. The smallest absolute Gasteiger partial charge is 0.308 e. The zero-order chi connectivity index (χ0) is 15.2. The average molecular weight is 285 g/mol. The van der Waals surface area contributed by atoms with Crippen molar-refractivity contribution in [3.8, 4) is 0 Å². The molecule has 1 aromatic carbocycles. The first-order valence-electron chi connectivity index (χ1n) is 7.43. The van der Waals surface area contributed by atoms with E-state index in [1.807, 2.05) is 13.1 Å². The summed E-state index contributed by atoms with van der Waals surface area (Å²) in [5.74, 6) is 0. The number of benzene rings is 1. The maximum atomic E-state index is 11.9. The molecule has 0 aliphatic heterocycles. The van der Waals surface area contributed by atoms with Crippen LogP contribution in [0.15, 0.2) is 41.5 Å². The Morgan fingerprint density at radius 2 is 1.90 bits per heavy atom. The molecule has 0 spiro atoms. The summed E-state index contributed by atoms with van der Waals surface area (Å²) < 4.78 is 1.68. The first-order chi connectivity index (χ1) is 10.1. The molecule has 0 saturated carbocycles. The van der Waals surface area contributed by atoms with E-state index in [1.165, 1.54) is 11.1 Å². The van der Waals surface area contributed by atoms with Crippen LogP contribution >= 0.6 is 0 Å². The van der Waals surface area contributed by atoms with Crippen molar-refractivity contribution in [3.63, 3.8) is 0 Å². The van der Waals surface area contributed by atoms with Gasteiger partial charge in [-0.2, -0.15) is 0 Å². The molecule has 21 heavy (non-hydrogen) atoms. The van der Waals surface area contributed by atoms with Crippen LogP contribution < -0.4 is 11.0 Å². The second-order valence-electron chi connectivity index (χ2n) is 5.48. The Balaban J connectivity index is 2.25. The molecule has 0 aliphatic carbocycles. The van der Waals surface area contributed by atoms with Crippen molar-refractivity contribution < 1.29 is 0 Å². The van der Waals surface area contributed by atoms with Gasteiger partial charge in [-0.15, -0.1) is 0 Å². The molecular weight excluding hydrogens is 262 g/mol. The third-order valence-electron chi connectivity index (χ3n) is 3.48. The molecule has 0 saturated heterocycles. The maximum absolute atomic E-state index is 11.9. The minimum atomic E-state index is -0.198. The topological polar surface area (TPSA) is 46.9 Å². The molecule has 0 amide bonds. The molecule has 1 aromatic heterocycles. The lowest BCUT2D eigenvalue weighted by molar-refractivity contribution is 0.451. The van der Waals surface area contributed by atoms with Crippen LogP contribution in [0, 0.1) is 13.8 Å². The molecular formula is C17H23N3O. The quantitative estimate of drug-likeness (QED) is 0.887. The summed E-state index contributed by atoms with van der Waals surface area (Å²) in [5.41, 5.74) is 3.23. The van der Waals surface area contributed by atoms with E-state index in [0.717, 1.165) is 18.5 Å². The Morgan fingerprint density at radius 1 is 1.19 bits per heavy atom. The van der Waals surface area contributed by atoms with Crippen LogP contribution in [0.2, 0.25) is 0 Å². The predicted octanol–water partition coefficient (Wildman–Crippen LogP) is 2.60. The molecule has 1 atom stereocenters. The Hall–Kier alpha value is -1.94. The van der Waals surface area contributed by atoms with Crippen molar-refractivity contribution in [2.24, 2.45) is 0 Å². The number of aromatic nitrogens is 2. The van der Waals surface area contributed by atoms with Crippen molar-refractivity contribution >= 4 is 0 Å². The number of nitrogens with one attached hydrogen (secondary N) is 1. The zero-order valence-electron chi connectivity index (χ0n) is 13.0. The van der Waals surface area contributed by atoms with E-state index in [1.54, 1.807) is 10.8 Å². The molecule has 1 unspecified atom stereocenters. The molecule has 0 radical (unpaired) electrons. The lowest BCUT2D eigenvalue weighted by Crippen LogP contribution is -2.32. The summed E-state index contributed by atoms with van der Waals surface area (Å²) >= 11 is 0. The standard InChI is InChI=1S/C17H23N3O/c1-4-9-18-16(15-7-5-13(2)6-8-15)12-20-11-14(3)10-19-17(20)21/h5-8,10-11,16,18H,4,9,12H2,1-3H3. The minimum Gasteiger partial charge on any atom is -0.308 e. The average Bonchev–Trinajstić information content (AvgIpc) is 2.48. The first-order valence-corrected chi connectivity index (χ1v) is 7.43. The molecule has 4 heteroatoms. The van der Waals surface area contributed by atoms with Gasteiger partial charge in [0.25, 0.3) is 0 Å². The number of hydrogen-bond acceptors (Lipinski definition) is 3. The molecule has 112 valence electrons. The van der Waals surface area contributed by atoms with Gasteiger partial charge in [0, 0.05) is 18.9 Å². The van der Waals surface area contributed by atoms with Crippen LogP contribution in [-0.2, 0) is 6.54 Å². The Labute approximate surface area is 125 Å². The van der Waals surface area contributed by atoms with Gasteiger partial charge in [-0.25, -0.2) is 9.78 Å². The molecule has 2 aromatic rings. The van der Waals surface area contributed by atoms with Crippen molar-refractivity contribution in [1.82, 2.24) is 14.9 Å². The van der Waals surface area contributed by atoms with Crippen LogP contribution in [-0.4, -0.2) is 16.1 Å². The fraction of sp³-hybridized carbons (Fsp3) is 0.412. The van der Waals surface area contributed by atoms with E-state index in [9.17, 15) is 4.79 Å². The van der Waals surface area contributed by atoms with Crippen LogP contribution in [0.3, 0.4) is 0 Å². The van der Waals surface area contributed by atoms with Crippen molar-refractivity contribution in [2.45, 2.75) is 39.8 Å². The van der Waals surface area contributed by atoms with Gasteiger partial charge in [0.05, 0.1) is 6.04 Å². The van der Waals surface area contributed by atoms with Crippen molar-refractivity contribution in [2.75, 3.05) is 6.54 Å². The van der Waals surface area contributed by atoms with Gasteiger partial charge in [0.1, 0.15) is 0 Å². The minimum absolute atomic E-state index is 0.117. The van der Waals surface area contributed by atoms with E-state index < -0.39 is 0 Å². The van der Waals surface area contributed by atoms with Crippen LogP contribution in [0.1, 0.15) is 36.1 Å². The van der Waals surface area contributed by atoms with Crippen molar-refractivity contribution in [1.29, 1.82) is 0 Å². The lowest BCUT2D eigenvalue weighted by Gasteiger charge is -2.20. The highest BCUT2D eigenvalue weighted by Crippen LogP contribution is 2.15. The second-order valence-corrected chi connectivity index (χ2v) is 5.48. The Morgan fingerprint density at radius 3 is 2.57 bits per heavy atom. The molecule has 4 nitrogen and oxygen atoms in total. The Bertz CT molecular complexity index is 631. The van der Waals surface area contributed by atoms with E-state index in [0.29, 0.717) is 6.54 Å². The fourth-order valence-corrected chi connectivity index (χ4v) is 2.30. The summed E-state index contributed by atoms with van der Waals surface area (Å²) in [6.45, 7) is 7.68. The fourth-order valence-electron chi connectivity index (χ4n) is 2.30. The van der Waals surface area contributed by atoms with E-state index in [-0.39, 0.29) is 11.7 Å². The number of aryl methyl sites for hydroxylation is 2. The molecule has 0 bridgehead atoms. The van der Waals surface area contributed by atoms with Gasteiger partial charge in [-0.05, 0) is 37.9 Å². The molecule has 2 rings (SSSR count). The highest BCUT2D eigenvalue weighted by atomic mass is 16.1. The van der Waals surface area contributed by atoms with Gasteiger partial charge in [-0.1, -0.05) is 36.8 Å². The number of hydrogen-bond donors (Lipinski definition) is 1. The summed E-state index contributed by atoms with van der Waals surface area (Å²) in [4.78, 5) is 15.8. The van der Waals surface area contributed by atoms with Crippen LogP contribution in [0.5, 0.6) is 0 Å². The monoisotopic (exact) mass is 285 g/mol.